The number of fused-ring (bicyclic) bond motifs is 1. The largest absolute Gasteiger partial charge is 0.497 e. The average molecular weight is 437 g/mol. The molecule has 0 radical (unpaired) electrons. The Balaban J connectivity index is 1.25. The molecule has 0 N–H and O–H groups in total. The monoisotopic (exact) mass is 436 g/mol. The van der Waals surface area contributed by atoms with E-state index in [1.54, 1.807) is 14.2 Å². The quantitative estimate of drug-likeness (QED) is 0.593. The van der Waals surface area contributed by atoms with Crippen molar-refractivity contribution in [2.45, 2.75) is 38.6 Å². The molecule has 0 aromatic heterocycles. The van der Waals surface area contributed by atoms with Crippen LogP contribution in [0, 0.1) is 0 Å². The molecule has 0 saturated carbocycles. The minimum atomic E-state index is 0.0665. The fourth-order valence-corrected chi connectivity index (χ4v) is 4.67. The number of carbonyl (C=O) groups is 2. The highest BCUT2D eigenvalue weighted by atomic mass is 16.5. The summed E-state index contributed by atoms with van der Waals surface area (Å²) in [5.41, 5.74) is 4.48. The van der Waals surface area contributed by atoms with E-state index in [2.05, 4.69) is 11.0 Å². The normalized spacial score (nSPS) is 16.0. The number of rotatable bonds is 8. The zero-order valence-electron chi connectivity index (χ0n) is 19.1. The fraction of sp³-hybridized carbons (Fsp3) is 0.462. The number of benzene rings is 2. The predicted molar refractivity (Wildman–Crippen MR) is 123 cm³/mol. The first-order valence-corrected chi connectivity index (χ1v) is 11.4. The first kappa shape index (κ1) is 22.3. The van der Waals surface area contributed by atoms with E-state index in [1.807, 2.05) is 35.2 Å². The van der Waals surface area contributed by atoms with E-state index in [0.717, 1.165) is 55.1 Å². The molecular formula is C26H32N2O4. The van der Waals surface area contributed by atoms with Crippen molar-refractivity contribution in [3.05, 3.63) is 58.7 Å². The van der Waals surface area contributed by atoms with Crippen LogP contribution in [0.1, 0.15) is 46.3 Å². The Morgan fingerprint density at radius 1 is 0.875 bits per heavy atom. The number of amides is 1. The third-order valence-corrected chi connectivity index (χ3v) is 6.59. The SMILES string of the molecule is COc1ccc(OC)c(CN2CCN(C(=O)CCC(=O)c3ccc4c(c3)CCC4)CC2)c1. The molecule has 1 heterocycles. The molecular weight excluding hydrogens is 404 g/mol. The highest BCUT2D eigenvalue weighted by Crippen LogP contribution is 2.26. The van der Waals surface area contributed by atoms with Crippen LogP contribution in [-0.4, -0.2) is 61.9 Å². The summed E-state index contributed by atoms with van der Waals surface area (Å²) in [7, 11) is 3.33. The first-order valence-electron chi connectivity index (χ1n) is 11.4. The van der Waals surface area contributed by atoms with E-state index >= 15 is 0 Å². The molecule has 4 rings (SSSR count). The minimum absolute atomic E-state index is 0.0665. The number of hydrogen-bond donors (Lipinski definition) is 0. The summed E-state index contributed by atoms with van der Waals surface area (Å²) in [5.74, 6) is 1.78. The molecule has 0 unspecified atom stereocenters. The summed E-state index contributed by atoms with van der Waals surface area (Å²) in [6.45, 7) is 3.70. The molecule has 1 aliphatic heterocycles. The number of hydrogen-bond acceptors (Lipinski definition) is 5. The van der Waals surface area contributed by atoms with Crippen molar-refractivity contribution in [3.8, 4) is 11.5 Å². The third-order valence-electron chi connectivity index (χ3n) is 6.59. The van der Waals surface area contributed by atoms with Gasteiger partial charge in [-0.2, -0.15) is 0 Å². The van der Waals surface area contributed by atoms with Gasteiger partial charge in [-0.3, -0.25) is 14.5 Å². The number of ether oxygens (including phenoxy) is 2. The second-order valence-electron chi connectivity index (χ2n) is 8.59. The van der Waals surface area contributed by atoms with Crippen molar-refractivity contribution in [3.63, 3.8) is 0 Å². The van der Waals surface area contributed by atoms with E-state index in [-0.39, 0.29) is 24.5 Å². The standard InChI is InChI=1S/C26H32N2O4/c1-31-23-8-10-25(32-2)22(17-23)18-27-12-14-28(15-13-27)26(30)11-9-24(29)21-7-6-19-4-3-5-20(19)16-21/h6-8,10,16-17H,3-5,9,11-15,18H2,1-2H3. The molecule has 1 aliphatic carbocycles. The molecule has 32 heavy (non-hydrogen) atoms. The lowest BCUT2D eigenvalue weighted by molar-refractivity contribution is -0.133. The van der Waals surface area contributed by atoms with Gasteiger partial charge >= 0.3 is 0 Å². The molecule has 2 aromatic carbocycles. The van der Waals surface area contributed by atoms with Gasteiger partial charge in [-0.1, -0.05) is 12.1 Å². The molecule has 6 nitrogen and oxygen atoms in total. The van der Waals surface area contributed by atoms with E-state index in [0.29, 0.717) is 13.1 Å². The zero-order chi connectivity index (χ0) is 22.5. The van der Waals surface area contributed by atoms with Gasteiger partial charge in [-0.05, 0) is 54.7 Å². The van der Waals surface area contributed by atoms with Crippen molar-refractivity contribution >= 4 is 11.7 Å². The van der Waals surface area contributed by atoms with Crippen LogP contribution in [0.25, 0.3) is 0 Å². The number of aryl methyl sites for hydroxylation is 2. The second kappa shape index (κ2) is 10.2. The van der Waals surface area contributed by atoms with Crippen LogP contribution in [0.5, 0.6) is 11.5 Å². The molecule has 6 heteroatoms. The van der Waals surface area contributed by atoms with Crippen LogP contribution in [0.15, 0.2) is 36.4 Å². The topological polar surface area (TPSA) is 59.1 Å². The minimum Gasteiger partial charge on any atom is -0.497 e. The molecule has 0 spiro atoms. The van der Waals surface area contributed by atoms with Gasteiger partial charge in [0.25, 0.3) is 0 Å². The van der Waals surface area contributed by atoms with E-state index < -0.39 is 0 Å². The molecule has 2 aromatic rings. The second-order valence-corrected chi connectivity index (χ2v) is 8.59. The van der Waals surface area contributed by atoms with Crippen LogP contribution in [0.3, 0.4) is 0 Å². The Bertz CT molecular complexity index is 980. The van der Waals surface area contributed by atoms with Crippen molar-refractivity contribution in [2.75, 3.05) is 40.4 Å². The van der Waals surface area contributed by atoms with E-state index in [1.165, 1.54) is 17.5 Å². The number of Topliss-reactive ketones (excluding diaryl/α,β-unsaturated/α-hetero) is 1. The Morgan fingerprint density at radius 2 is 1.66 bits per heavy atom. The lowest BCUT2D eigenvalue weighted by Crippen LogP contribution is -2.48. The average Bonchev–Trinajstić information content (AvgIpc) is 3.30. The highest BCUT2D eigenvalue weighted by Gasteiger charge is 2.23. The maximum atomic E-state index is 12.7. The van der Waals surface area contributed by atoms with Crippen molar-refractivity contribution in [2.24, 2.45) is 0 Å². The Hall–Kier alpha value is -2.86. The molecule has 1 amide bonds. The Morgan fingerprint density at radius 3 is 2.41 bits per heavy atom. The summed E-state index contributed by atoms with van der Waals surface area (Å²) in [4.78, 5) is 29.5. The van der Waals surface area contributed by atoms with Crippen LogP contribution in [0.2, 0.25) is 0 Å². The van der Waals surface area contributed by atoms with Gasteiger partial charge in [0.2, 0.25) is 5.91 Å². The van der Waals surface area contributed by atoms with Gasteiger partial charge in [-0.25, -0.2) is 0 Å². The number of methoxy groups -OCH3 is 2. The summed E-state index contributed by atoms with van der Waals surface area (Å²) >= 11 is 0. The van der Waals surface area contributed by atoms with E-state index in [9.17, 15) is 9.59 Å². The van der Waals surface area contributed by atoms with Crippen LogP contribution in [0.4, 0.5) is 0 Å². The lowest BCUT2D eigenvalue weighted by atomic mass is 10.0. The zero-order valence-corrected chi connectivity index (χ0v) is 19.1. The van der Waals surface area contributed by atoms with Crippen molar-refractivity contribution < 1.29 is 19.1 Å². The number of piperazine rings is 1. The third kappa shape index (κ3) is 5.13. The smallest absolute Gasteiger partial charge is 0.223 e. The van der Waals surface area contributed by atoms with Crippen LogP contribution in [-0.2, 0) is 24.2 Å². The molecule has 0 bridgehead atoms. The van der Waals surface area contributed by atoms with Gasteiger partial charge in [0.05, 0.1) is 14.2 Å². The van der Waals surface area contributed by atoms with Gasteiger partial charge < -0.3 is 14.4 Å². The summed E-state index contributed by atoms with van der Waals surface area (Å²) < 4.78 is 10.8. The highest BCUT2D eigenvalue weighted by molar-refractivity contribution is 5.98. The van der Waals surface area contributed by atoms with Gasteiger partial charge in [0.15, 0.2) is 5.78 Å². The maximum absolute atomic E-state index is 12.7. The van der Waals surface area contributed by atoms with E-state index in [4.69, 9.17) is 9.47 Å². The van der Waals surface area contributed by atoms with Gasteiger partial charge in [0.1, 0.15) is 11.5 Å². The first-order chi connectivity index (χ1) is 15.6. The molecule has 1 saturated heterocycles. The Kier molecular flexibility index (Phi) is 7.10. The lowest BCUT2D eigenvalue weighted by Gasteiger charge is -2.35. The predicted octanol–water partition coefficient (Wildman–Crippen LogP) is 3.50. The summed E-state index contributed by atoms with van der Waals surface area (Å²) in [6, 6.07) is 11.8. The number of carbonyl (C=O) groups excluding carboxylic acids is 2. The Labute approximate surface area is 190 Å². The van der Waals surface area contributed by atoms with Crippen molar-refractivity contribution in [1.29, 1.82) is 0 Å². The van der Waals surface area contributed by atoms with Crippen molar-refractivity contribution in [1.82, 2.24) is 9.80 Å². The van der Waals surface area contributed by atoms with Gasteiger partial charge in [-0.15, -0.1) is 0 Å². The molecule has 2 aliphatic rings. The fourth-order valence-electron chi connectivity index (χ4n) is 4.67. The van der Waals surface area contributed by atoms with Crippen LogP contribution >= 0.6 is 0 Å². The number of ketones is 1. The van der Waals surface area contributed by atoms with Gasteiger partial charge in [0, 0.05) is 56.7 Å². The summed E-state index contributed by atoms with van der Waals surface area (Å²) in [5, 5.41) is 0. The number of nitrogens with zero attached hydrogens (tertiary/aromatic N) is 2. The molecule has 170 valence electrons. The summed E-state index contributed by atoms with van der Waals surface area (Å²) in [6.07, 6.45) is 3.89. The molecule has 0 atom stereocenters. The molecule has 1 fully saturated rings. The maximum Gasteiger partial charge on any atom is 0.223 e. The van der Waals surface area contributed by atoms with Crippen LogP contribution < -0.4 is 9.47 Å².